The van der Waals surface area contributed by atoms with E-state index in [-0.39, 0.29) is 6.04 Å². The lowest BCUT2D eigenvalue weighted by molar-refractivity contribution is 0.588. The fourth-order valence-corrected chi connectivity index (χ4v) is 3.72. The summed E-state index contributed by atoms with van der Waals surface area (Å²) in [7, 11) is 0. The Hall–Kier alpha value is -1.14. The molecule has 18 heavy (non-hydrogen) atoms. The lowest BCUT2D eigenvalue weighted by atomic mass is 10.1. The van der Waals surface area contributed by atoms with Crippen LogP contribution in [0, 0.1) is 0 Å². The average Bonchev–Trinajstić information content (AvgIpc) is 2.99. The first-order chi connectivity index (χ1) is 8.81. The summed E-state index contributed by atoms with van der Waals surface area (Å²) in [6.45, 7) is 0. The summed E-state index contributed by atoms with van der Waals surface area (Å²) in [5, 5.41) is 3.12. The van der Waals surface area contributed by atoms with Gasteiger partial charge in [-0.05, 0) is 33.4 Å². The maximum Gasteiger partial charge on any atom is 0.134 e. The van der Waals surface area contributed by atoms with Crippen LogP contribution in [0.15, 0.2) is 50.9 Å². The first-order valence-corrected chi connectivity index (χ1v) is 7.13. The van der Waals surface area contributed by atoms with Crippen molar-refractivity contribution in [2.24, 2.45) is 5.84 Å². The number of nitrogens with one attached hydrogen (secondary N) is 1. The largest absolute Gasteiger partial charge is 0.464 e. The molecule has 0 bridgehead atoms. The average molecular weight is 323 g/mol. The van der Waals surface area contributed by atoms with Crippen LogP contribution in [0.4, 0.5) is 0 Å². The van der Waals surface area contributed by atoms with Gasteiger partial charge >= 0.3 is 0 Å². The topological polar surface area (TPSA) is 51.2 Å². The molecule has 0 aliphatic heterocycles. The third kappa shape index (κ3) is 1.89. The first-order valence-electron chi connectivity index (χ1n) is 5.46. The molecular weight excluding hydrogens is 312 g/mol. The molecule has 0 saturated carbocycles. The van der Waals surface area contributed by atoms with E-state index in [1.807, 2.05) is 35.7 Å². The highest BCUT2D eigenvalue weighted by molar-refractivity contribution is 9.10. The third-order valence-electron chi connectivity index (χ3n) is 2.90. The Morgan fingerprint density at radius 1 is 1.28 bits per heavy atom. The van der Waals surface area contributed by atoms with Gasteiger partial charge in [-0.1, -0.05) is 18.2 Å². The Morgan fingerprint density at radius 2 is 2.11 bits per heavy atom. The summed E-state index contributed by atoms with van der Waals surface area (Å²) in [5.41, 5.74) is 4.79. The van der Waals surface area contributed by atoms with Crippen molar-refractivity contribution >= 4 is 38.2 Å². The van der Waals surface area contributed by atoms with Crippen LogP contribution >= 0.6 is 27.3 Å². The highest BCUT2D eigenvalue weighted by atomic mass is 79.9. The van der Waals surface area contributed by atoms with Gasteiger partial charge in [0.2, 0.25) is 0 Å². The quantitative estimate of drug-likeness (QED) is 0.569. The molecule has 0 amide bonds. The second kappa shape index (κ2) is 4.85. The molecule has 1 atom stereocenters. The molecule has 5 heteroatoms. The maximum absolute atomic E-state index is 5.71. The summed E-state index contributed by atoms with van der Waals surface area (Å²) in [6, 6.07) is 9.91. The van der Waals surface area contributed by atoms with Crippen LogP contribution < -0.4 is 11.3 Å². The first kappa shape index (κ1) is 11.9. The second-order valence-electron chi connectivity index (χ2n) is 3.92. The number of rotatable bonds is 3. The molecule has 0 aliphatic carbocycles. The molecule has 0 radical (unpaired) electrons. The summed E-state index contributed by atoms with van der Waals surface area (Å²) in [4.78, 5) is 1.14. The monoisotopic (exact) mass is 322 g/mol. The molecule has 0 spiro atoms. The molecule has 0 saturated heterocycles. The van der Waals surface area contributed by atoms with Gasteiger partial charge in [0.15, 0.2) is 0 Å². The smallest absolute Gasteiger partial charge is 0.134 e. The number of hydrogen-bond acceptors (Lipinski definition) is 4. The van der Waals surface area contributed by atoms with Crippen LogP contribution in [0.1, 0.15) is 16.5 Å². The molecule has 0 aliphatic rings. The zero-order valence-electron chi connectivity index (χ0n) is 9.39. The fraction of sp³-hybridized carbons (Fsp3) is 0.0769. The van der Waals surface area contributed by atoms with Gasteiger partial charge in [-0.3, -0.25) is 5.84 Å². The van der Waals surface area contributed by atoms with Gasteiger partial charge in [0, 0.05) is 20.3 Å². The van der Waals surface area contributed by atoms with E-state index in [2.05, 4.69) is 21.4 Å². The number of thiophene rings is 1. The van der Waals surface area contributed by atoms with E-state index in [0.717, 1.165) is 25.9 Å². The van der Waals surface area contributed by atoms with E-state index in [4.69, 9.17) is 10.3 Å². The summed E-state index contributed by atoms with van der Waals surface area (Å²) in [5.74, 6) is 5.71. The van der Waals surface area contributed by atoms with Gasteiger partial charge < -0.3 is 4.42 Å². The van der Waals surface area contributed by atoms with E-state index in [0.29, 0.717) is 0 Å². The molecule has 3 nitrogen and oxygen atoms in total. The minimum absolute atomic E-state index is 0.0666. The van der Waals surface area contributed by atoms with Crippen LogP contribution in [-0.2, 0) is 0 Å². The molecule has 1 aromatic carbocycles. The van der Waals surface area contributed by atoms with Crippen molar-refractivity contribution in [1.29, 1.82) is 0 Å². The SMILES string of the molecule is NNC(c1sccc1Br)c1coc2ccccc12. The number of para-hydroxylation sites is 1. The molecule has 3 rings (SSSR count). The van der Waals surface area contributed by atoms with Gasteiger partial charge in [0.05, 0.1) is 12.3 Å². The number of nitrogens with two attached hydrogens (primary N) is 1. The number of hydrogen-bond donors (Lipinski definition) is 2. The van der Waals surface area contributed by atoms with Crippen molar-refractivity contribution in [3.8, 4) is 0 Å². The molecule has 2 heterocycles. The van der Waals surface area contributed by atoms with Crippen molar-refractivity contribution in [3.05, 3.63) is 56.9 Å². The van der Waals surface area contributed by atoms with Crippen molar-refractivity contribution < 1.29 is 4.42 Å². The Labute approximate surface area is 117 Å². The van der Waals surface area contributed by atoms with Crippen LogP contribution in [0.3, 0.4) is 0 Å². The number of benzene rings is 1. The third-order valence-corrected chi connectivity index (χ3v) is 4.83. The molecule has 2 aromatic heterocycles. The standard InChI is InChI=1S/C13H11BrN2OS/c14-10-5-6-18-13(10)12(16-15)9-7-17-11-4-2-1-3-8(9)11/h1-7,12,16H,15H2. The van der Waals surface area contributed by atoms with Crippen LogP contribution in [-0.4, -0.2) is 0 Å². The Kier molecular flexibility index (Phi) is 3.22. The fourth-order valence-electron chi connectivity index (χ4n) is 2.04. The van der Waals surface area contributed by atoms with Gasteiger partial charge in [-0.2, -0.15) is 0 Å². The molecule has 1 unspecified atom stereocenters. The maximum atomic E-state index is 5.71. The minimum atomic E-state index is -0.0666. The summed E-state index contributed by atoms with van der Waals surface area (Å²) >= 11 is 5.20. The summed E-state index contributed by atoms with van der Waals surface area (Å²) < 4.78 is 6.62. The zero-order valence-corrected chi connectivity index (χ0v) is 11.8. The number of fused-ring (bicyclic) bond motifs is 1. The van der Waals surface area contributed by atoms with Gasteiger partial charge in [-0.25, -0.2) is 5.43 Å². The highest BCUT2D eigenvalue weighted by Gasteiger charge is 2.20. The molecule has 92 valence electrons. The van der Waals surface area contributed by atoms with Gasteiger partial charge in [-0.15, -0.1) is 11.3 Å². The Morgan fingerprint density at radius 3 is 2.83 bits per heavy atom. The number of halogens is 1. The Balaban J connectivity index is 2.15. The highest BCUT2D eigenvalue weighted by Crippen LogP contribution is 2.36. The molecule has 3 aromatic rings. The van der Waals surface area contributed by atoms with Crippen molar-refractivity contribution in [3.63, 3.8) is 0 Å². The van der Waals surface area contributed by atoms with Crippen LogP contribution in [0.2, 0.25) is 0 Å². The normalized spacial score (nSPS) is 13.0. The predicted octanol–water partition coefficient (Wildman–Crippen LogP) is 3.81. The second-order valence-corrected chi connectivity index (χ2v) is 5.72. The van der Waals surface area contributed by atoms with E-state index in [9.17, 15) is 0 Å². The van der Waals surface area contributed by atoms with Crippen molar-refractivity contribution in [2.45, 2.75) is 6.04 Å². The molecule has 0 fully saturated rings. The number of hydrazine groups is 1. The summed E-state index contributed by atoms with van der Waals surface area (Å²) in [6.07, 6.45) is 1.77. The van der Waals surface area contributed by atoms with E-state index < -0.39 is 0 Å². The van der Waals surface area contributed by atoms with E-state index in [1.165, 1.54) is 0 Å². The zero-order chi connectivity index (χ0) is 12.5. The predicted molar refractivity (Wildman–Crippen MR) is 77.4 cm³/mol. The number of furan rings is 1. The van der Waals surface area contributed by atoms with E-state index in [1.54, 1.807) is 17.6 Å². The minimum Gasteiger partial charge on any atom is -0.464 e. The molecular formula is C13H11BrN2OS. The van der Waals surface area contributed by atoms with Crippen molar-refractivity contribution in [1.82, 2.24) is 5.43 Å². The lowest BCUT2D eigenvalue weighted by Crippen LogP contribution is -2.28. The van der Waals surface area contributed by atoms with E-state index >= 15 is 0 Å². The van der Waals surface area contributed by atoms with Gasteiger partial charge in [0.25, 0.3) is 0 Å². The van der Waals surface area contributed by atoms with Crippen LogP contribution in [0.25, 0.3) is 11.0 Å². The van der Waals surface area contributed by atoms with Gasteiger partial charge in [0.1, 0.15) is 5.58 Å². The Bertz CT molecular complexity index is 676. The molecule has 3 N–H and O–H groups in total. The van der Waals surface area contributed by atoms with Crippen molar-refractivity contribution in [2.75, 3.05) is 0 Å². The van der Waals surface area contributed by atoms with Crippen LogP contribution in [0.5, 0.6) is 0 Å². The lowest BCUT2D eigenvalue weighted by Gasteiger charge is -2.13.